The highest BCUT2D eigenvalue weighted by Crippen LogP contribution is 2.41. The molecule has 6 rings (SSSR count). The van der Waals surface area contributed by atoms with Crippen molar-refractivity contribution in [2.24, 2.45) is 0 Å². The summed E-state index contributed by atoms with van der Waals surface area (Å²) in [6.07, 6.45) is 7.61. The van der Waals surface area contributed by atoms with Gasteiger partial charge in [0.15, 0.2) is 0 Å². The molecule has 0 aromatic heterocycles. The third kappa shape index (κ3) is 5.79. The van der Waals surface area contributed by atoms with Gasteiger partial charge in [-0.3, -0.25) is 0 Å². The van der Waals surface area contributed by atoms with Crippen LogP contribution in [0, 0.1) is 20.8 Å². The highest BCUT2D eigenvalue weighted by molar-refractivity contribution is 5.82. The van der Waals surface area contributed by atoms with Crippen molar-refractivity contribution in [3.63, 3.8) is 0 Å². The van der Waals surface area contributed by atoms with Gasteiger partial charge in [-0.2, -0.15) is 0 Å². The Hall–Kier alpha value is -4.82. The number of allylic oxidation sites excluding steroid dienone is 4. The molecular weight excluding hydrogens is 520 g/mol. The summed E-state index contributed by atoms with van der Waals surface area (Å²) in [4.78, 5) is 4.86. The van der Waals surface area contributed by atoms with Gasteiger partial charge in [-0.05, 0) is 116 Å². The topological polar surface area (TPSA) is 6.48 Å². The van der Waals surface area contributed by atoms with Gasteiger partial charge < -0.3 is 9.80 Å². The number of rotatable bonds is 8. The summed E-state index contributed by atoms with van der Waals surface area (Å²) in [5, 5.41) is 0. The Labute approximate surface area is 257 Å². The lowest BCUT2D eigenvalue weighted by Crippen LogP contribution is -2.19. The van der Waals surface area contributed by atoms with E-state index in [0.717, 1.165) is 19.3 Å². The van der Waals surface area contributed by atoms with E-state index in [-0.39, 0.29) is 0 Å². The van der Waals surface area contributed by atoms with Crippen molar-refractivity contribution in [2.75, 3.05) is 9.80 Å². The Balaban J connectivity index is 1.35. The van der Waals surface area contributed by atoms with Crippen molar-refractivity contribution in [1.29, 1.82) is 0 Å². The van der Waals surface area contributed by atoms with Crippen LogP contribution in [-0.2, 0) is 6.42 Å². The maximum atomic E-state index is 2.45. The first-order chi connectivity index (χ1) is 21.0. The van der Waals surface area contributed by atoms with Crippen LogP contribution >= 0.6 is 0 Å². The molecule has 2 heteroatoms. The molecule has 0 aliphatic heterocycles. The highest BCUT2D eigenvalue weighted by atomic mass is 15.2. The molecule has 0 spiro atoms. The van der Waals surface area contributed by atoms with E-state index in [1.54, 1.807) is 0 Å². The second-order valence-corrected chi connectivity index (χ2v) is 11.4. The molecule has 1 aliphatic carbocycles. The van der Waals surface area contributed by atoms with Crippen LogP contribution in [0.1, 0.15) is 47.6 Å². The molecule has 0 heterocycles. The molecule has 5 aromatic carbocycles. The second-order valence-electron chi connectivity index (χ2n) is 11.4. The normalized spacial score (nSPS) is 12.8. The number of anilines is 5. The van der Waals surface area contributed by atoms with E-state index < -0.39 is 0 Å². The predicted molar refractivity (Wildman–Crippen MR) is 185 cm³/mol. The van der Waals surface area contributed by atoms with E-state index in [0.29, 0.717) is 0 Å². The molecule has 2 nitrogen and oxygen atoms in total. The standard InChI is InChI=1S/C41H40N2/c1-5-33-17-13-16-32(4)41(33)43(37-20-10-7-11-21-37)39-28-24-35(25-29-39)34-22-26-38(27-23-34)42(36-18-8-6-9-19-36)40-30(2)14-12-15-31(40)3/h6-22,24-26,28-29H,5,23,27H2,1-4H3. The molecule has 0 amide bonds. The van der Waals surface area contributed by atoms with Gasteiger partial charge in [0.1, 0.15) is 0 Å². The van der Waals surface area contributed by atoms with Crippen molar-refractivity contribution >= 4 is 34.0 Å². The first kappa shape index (κ1) is 28.3. The summed E-state index contributed by atoms with van der Waals surface area (Å²) in [6, 6.07) is 43.8. The molecule has 0 radical (unpaired) electrons. The maximum Gasteiger partial charge on any atom is 0.0522 e. The predicted octanol–water partition coefficient (Wildman–Crippen LogP) is 11.5. The maximum absolute atomic E-state index is 2.45. The van der Waals surface area contributed by atoms with Gasteiger partial charge in [-0.1, -0.05) is 97.9 Å². The fourth-order valence-electron chi connectivity index (χ4n) is 6.36. The molecular formula is C41H40N2. The van der Waals surface area contributed by atoms with Crippen molar-refractivity contribution in [3.8, 4) is 0 Å². The summed E-state index contributed by atoms with van der Waals surface area (Å²) in [5.74, 6) is 0. The Morgan fingerprint density at radius 3 is 1.58 bits per heavy atom. The summed E-state index contributed by atoms with van der Waals surface area (Å²) in [7, 11) is 0. The average Bonchev–Trinajstić information content (AvgIpc) is 3.05. The first-order valence-corrected chi connectivity index (χ1v) is 15.4. The van der Waals surface area contributed by atoms with Gasteiger partial charge in [-0.25, -0.2) is 0 Å². The van der Waals surface area contributed by atoms with Crippen LogP contribution in [0.3, 0.4) is 0 Å². The summed E-state index contributed by atoms with van der Waals surface area (Å²) >= 11 is 0. The molecule has 0 saturated heterocycles. The van der Waals surface area contributed by atoms with E-state index in [1.165, 1.54) is 67.5 Å². The van der Waals surface area contributed by atoms with Crippen molar-refractivity contribution in [2.45, 2.75) is 47.0 Å². The minimum absolute atomic E-state index is 0.982. The Morgan fingerprint density at radius 2 is 1.02 bits per heavy atom. The minimum Gasteiger partial charge on any atom is -0.314 e. The van der Waals surface area contributed by atoms with Crippen LogP contribution in [0.4, 0.5) is 28.4 Å². The fourth-order valence-corrected chi connectivity index (χ4v) is 6.36. The molecule has 0 unspecified atom stereocenters. The Kier molecular flexibility index (Phi) is 8.29. The van der Waals surface area contributed by atoms with E-state index in [9.17, 15) is 0 Å². The number of hydrogen-bond donors (Lipinski definition) is 0. The van der Waals surface area contributed by atoms with Gasteiger partial charge in [-0.15, -0.1) is 0 Å². The molecule has 0 fully saturated rings. The van der Waals surface area contributed by atoms with E-state index in [1.807, 2.05) is 0 Å². The quantitative estimate of drug-likeness (QED) is 0.186. The zero-order chi connectivity index (χ0) is 29.8. The van der Waals surface area contributed by atoms with Gasteiger partial charge in [0, 0.05) is 22.8 Å². The van der Waals surface area contributed by atoms with E-state index in [2.05, 4.69) is 171 Å². The van der Waals surface area contributed by atoms with Crippen LogP contribution in [-0.4, -0.2) is 0 Å². The zero-order valence-corrected chi connectivity index (χ0v) is 25.7. The van der Waals surface area contributed by atoms with Crippen LogP contribution in [0.5, 0.6) is 0 Å². The fraction of sp³-hybridized carbons (Fsp3) is 0.171. The molecule has 0 saturated carbocycles. The Bertz CT molecular complexity index is 1740. The van der Waals surface area contributed by atoms with E-state index in [4.69, 9.17) is 0 Å². The summed E-state index contributed by atoms with van der Waals surface area (Å²) in [6.45, 7) is 8.88. The molecule has 214 valence electrons. The molecule has 0 N–H and O–H groups in total. The van der Waals surface area contributed by atoms with Crippen LogP contribution in [0.15, 0.2) is 139 Å². The number of benzene rings is 5. The number of para-hydroxylation sites is 4. The van der Waals surface area contributed by atoms with Crippen LogP contribution < -0.4 is 9.80 Å². The SMILES string of the molecule is CCc1cccc(C)c1N(c1ccccc1)c1ccc(C2=CC=C(N(c3ccccc3)c3c(C)cccc3C)CC2)cc1. The van der Waals surface area contributed by atoms with Crippen molar-refractivity contribution in [1.82, 2.24) is 0 Å². The smallest absolute Gasteiger partial charge is 0.0522 e. The third-order valence-corrected chi connectivity index (χ3v) is 8.53. The summed E-state index contributed by atoms with van der Waals surface area (Å²) in [5.41, 5.74) is 15.3. The van der Waals surface area contributed by atoms with Crippen LogP contribution in [0.2, 0.25) is 0 Å². The zero-order valence-electron chi connectivity index (χ0n) is 25.7. The summed E-state index contributed by atoms with van der Waals surface area (Å²) < 4.78 is 0. The Morgan fingerprint density at radius 1 is 0.488 bits per heavy atom. The lowest BCUT2D eigenvalue weighted by atomic mass is 9.94. The molecule has 0 atom stereocenters. The average molecular weight is 561 g/mol. The van der Waals surface area contributed by atoms with Crippen molar-refractivity contribution in [3.05, 3.63) is 167 Å². The van der Waals surface area contributed by atoms with Gasteiger partial charge >= 0.3 is 0 Å². The molecule has 0 bridgehead atoms. The largest absolute Gasteiger partial charge is 0.314 e. The lowest BCUT2D eigenvalue weighted by Gasteiger charge is -2.32. The van der Waals surface area contributed by atoms with Gasteiger partial charge in [0.05, 0.1) is 11.4 Å². The first-order valence-electron chi connectivity index (χ1n) is 15.4. The molecule has 1 aliphatic rings. The number of nitrogens with zero attached hydrogens (tertiary/aromatic N) is 2. The monoisotopic (exact) mass is 560 g/mol. The molecule has 43 heavy (non-hydrogen) atoms. The highest BCUT2D eigenvalue weighted by Gasteiger charge is 2.21. The molecule has 5 aromatic rings. The second kappa shape index (κ2) is 12.6. The number of aryl methyl sites for hydroxylation is 4. The lowest BCUT2D eigenvalue weighted by molar-refractivity contribution is 0.925. The van der Waals surface area contributed by atoms with Gasteiger partial charge in [0.25, 0.3) is 0 Å². The van der Waals surface area contributed by atoms with Gasteiger partial charge in [0.2, 0.25) is 0 Å². The third-order valence-electron chi connectivity index (χ3n) is 8.53. The minimum atomic E-state index is 0.982. The van der Waals surface area contributed by atoms with Crippen molar-refractivity contribution < 1.29 is 0 Å². The van der Waals surface area contributed by atoms with Crippen LogP contribution in [0.25, 0.3) is 5.57 Å². The van der Waals surface area contributed by atoms with E-state index >= 15 is 0 Å². The number of hydrogen-bond acceptors (Lipinski definition) is 2.